The van der Waals surface area contributed by atoms with Crippen molar-refractivity contribution in [3.63, 3.8) is 0 Å². The second-order valence-electron chi connectivity index (χ2n) is 7.08. The Labute approximate surface area is 145 Å². The van der Waals surface area contributed by atoms with E-state index in [-0.39, 0.29) is 11.4 Å². The third-order valence-corrected chi connectivity index (χ3v) is 5.46. The largest absolute Gasteiger partial charge is 0.375 e. The Bertz CT molecular complexity index is 506. The summed E-state index contributed by atoms with van der Waals surface area (Å²) in [6.45, 7) is 3.93. The van der Waals surface area contributed by atoms with Crippen LogP contribution in [0.1, 0.15) is 50.5 Å². The first-order valence-corrected chi connectivity index (χ1v) is 9.46. The molecule has 1 amide bonds. The van der Waals surface area contributed by atoms with Crippen molar-refractivity contribution in [2.75, 3.05) is 26.2 Å². The maximum absolute atomic E-state index is 12.9. The van der Waals surface area contributed by atoms with E-state index in [4.69, 9.17) is 4.74 Å². The van der Waals surface area contributed by atoms with Gasteiger partial charge in [0.1, 0.15) is 5.54 Å². The third-order valence-electron chi connectivity index (χ3n) is 5.46. The Morgan fingerprint density at radius 3 is 2.46 bits per heavy atom. The van der Waals surface area contributed by atoms with E-state index < -0.39 is 0 Å². The van der Waals surface area contributed by atoms with Gasteiger partial charge in [0.2, 0.25) is 5.91 Å². The van der Waals surface area contributed by atoms with E-state index in [1.807, 2.05) is 18.2 Å². The molecular formula is C20H30N2O2. The van der Waals surface area contributed by atoms with Crippen molar-refractivity contribution in [2.24, 2.45) is 0 Å². The number of benzene rings is 1. The highest BCUT2D eigenvalue weighted by atomic mass is 16.5. The lowest BCUT2D eigenvalue weighted by Gasteiger charge is -2.43. The highest BCUT2D eigenvalue weighted by Gasteiger charge is 2.45. The molecule has 0 unspecified atom stereocenters. The standard InChI is InChI=1S/C20H30N2O2/c23-19(21-13-16-24-17-18-9-3-1-4-10-18)20(11-5-2-6-12-20)22-14-7-8-15-22/h1,3-4,9-10H,2,5-8,11-17H2,(H,21,23). The summed E-state index contributed by atoms with van der Waals surface area (Å²) >= 11 is 0. The molecule has 1 N–H and O–H groups in total. The summed E-state index contributed by atoms with van der Waals surface area (Å²) in [4.78, 5) is 15.4. The second-order valence-corrected chi connectivity index (χ2v) is 7.08. The van der Waals surface area contributed by atoms with E-state index in [0.29, 0.717) is 19.8 Å². The van der Waals surface area contributed by atoms with Crippen LogP contribution in [0.25, 0.3) is 0 Å². The molecule has 0 spiro atoms. The predicted octanol–water partition coefficient (Wildman–Crippen LogP) is 3.12. The number of hydrogen-bond acceptors (Lipinski definition) is 3. The minimum absolute atomic E-state index is 0.229. The number of hydrogen-bond donors (Lipinski definition) is 1. The zero-order chi connectivity index (χ0) is 16.7. The molecule has 0 bridgehead atoms. The number of nitrogens with one attached hydrogen (secondary N) is 1. The SMILES string of the molecule is O=C(NCCOCc1ccccc1)C1(N2CCCC2)CCCCC1. The van der Waals surface area contributed by atoms with Gasteiger partial charge in [-0.15, -0.1) is 0 Å². The highest BCUT2D eigenvalue weighted by Crippen LogP contribution is 2.36. The number of carbonyl (C=O) groups excluding carboxylic acids is 1. The maximum Gasteiger partial charge on any atom is 0.240 e. The van der Waals surface area contributed by atoms with Crippen LogP contribution in [-0.4, -0.2) is 42.6 Å². The molecule has 4 heteroatoms. The number of likely N-dealkylation sites (tertiary alicyclic amines) is 1. The maximum atomic E-state index is 12.9. The Hall–Kier alpha value is -1.39. The van der Waals surface area contributed by atoms with Crippen LogP contribution in [0.3, 0.4) is 0 Å². The number of rotatable bonds is 7. The molecule has 132 valence electrons. The van der Waals surface area contributed by atoms with Gasteiger partial charge in [0.15, 0.2) is 0 Å². The van der Waals surface area contributed by atoms with E-state index in [9.17, 15) is 4.79 Å². The molecule has 1 aliphatic carbocycles. The van der Waals surface area contributed by atoms with E-state index in [0.717, 1.165) is 25.9 Å². The first-order valence-electron chi connectivity index (χ1n) is 9.46. The summed E-state index contributed by atoms with van der Waals surface area (Å²) in [5, 5.41) is 3.15. The number of nitrogens with zero attached hydrogens (tertiary/aromatic N) is 1. The molecular weight excluding hydrogens is 300 g/mol. The summed E-state index contributed by atoms with van der Waals surface area (Å²) in [6.07, 6.45) is 8.11. The van der Waals surface area contributed by atoms with Crippen molar-refractivity contribution in [1.29, 1.82) is 0 Å². The fraction of sp³-hybridized carbons (Fsp3) is 0.650. The number of ether oxygens (including phenoxy) is 1. The molecule has 0 aromatic heterocycles. The lowest BCUT2D eigenvalue weighted by molar-refractivity contribution is -0.135. The minimum Gasteiger partial charge on any atom is -0.375 e. The Morgan fingerprint density at radius 1 is 1.04 bits per heavy atom. The van der Waals surface area contributed by atoms with Gasteiger partial charge >= 0.3 is 0 Å². The zero-order valence-corrected chi connectivity index (χ0v) is 14.6. The highest BCUT2D eigenvalue weighted by molar-refractivity contribution is 5.86. The van der Waals surface area contributed by atoms with Gasteiger partial charge < -0.3 is 10.1 Å². The molecule has 0 atom stereocenters. The third kappa shape index (κ3) is 4.17. The topological polar surface area (TPSA) is 41.6 Å². The fourth-order valence-corrected chi connectivity index (χ4v) is 4.13. The predicted molar refractivity (Wildman–Crippen MR) is 95.7 cm³/mol. The molecule has 1 aromatic rings. The van der Waals surface area contributed by atoms with Crippen LogP contribution in [0.5, 0.6) is 0 Å². The van der Waals surface area contributed by atoms with Crippen molar-refractivity contribution in [2.45, 2.75) is 57.1 Å². The van der Waals surface area contributed by atoms with Crippen molar-refractivity contribution in [3.05, 3.63) is 35.9 Å². The van der Waals surface area contributed by atoms with Gasteiger partial charge in [0.25, 0.3) is 0 Å². The van der Waals surface area contributed by atoms with Crippen LogP contribution in [0, 0.1) is 0 Å². The van der Waals surface area contributed by atoms with Gasteiger partial charge in [-0.3, -0.25) is 9.69 Å². The summed E-state index contributed by atoms with van der Waals surface area (Å²) in [6, 6.07) is 10.2. The summed E-state index contributed by atoms with van der Waals surface area (Å²) in [7, 11) is 0. The van der Waals surface area contributed by atoms with E-state index in [2.05, 4.69) is 22.3 Å². The quantitative estimate of drug-likeness (QED) is 0.781. The van der Waals surface area contributed by atoms with Crippen molar-refractivity contribution < 1.29 is 9.53 Å². The molecule has 1 aromatic carbocycles. The molecule has 1 saturated carbocycles. The molecule has 1 saturated heterocycles. The van der Waals surface area contributed by atoms with Crippen LogP contribution in [0.4, 0.5) is 0 Å². The van der Waals surface area contributed by atoms with Crippen LogP contribution < -0.4 is 5.32 Å². The average molecular weight is 330 g/mol. The fourth-order valence-electron chi connectivity index (χ4n) is 4.13. The van der Waals surface area contributed by atoms with E-state index in [1.165, 1.54) is 37.7 Å². The first-order chi connectivity index (χ1) is 11.8. The second kappa shape index (κ2) is 8.63. The molecule has 0 radical (unpaired) electrons. The smallest absolute Gasteiger partial charge is 0.240 e. The Kier molecular flexibility index (Phi) is 6.27. The number of carbonyl (C=O) groups is 1. The van der Waals surface area contributed by atoms with E-state index >= 15 is 0 Å². The summed E-state index contributed by atoms with van der Waals surface area (Å²) in [5.74, 6) is 0.229. The van der Waals surface area contributed by atoms with Crippen molar-refractivity contribution in [1.82, 2.24) is 10.2 Å². The molecule has 1 aliphatic heterocycles. The molecule has 1 heterocycles. The Morgan fingerprint density at radius 2 is 1.75 bits per heavy atom. The summed E-state index contributed by atoms with van der Waals surface area (Å²) in [5.41, 5.74) is 0.929. The van der Waals surface area contributed by atoms with Gasteiger partial charge in [0.05, 0.1) is 13.2 Å². The van der Waals surface area contributed by atoms with Crippen molar-refractivity contribution in [3.8, 4) is 0 Å². The van der Waals surface area contributed by atoms with Crippen LogP contribution in [-0.2, 0) is 16.1 Å². The van der Waals surface area contributed by atoms with Crippen LogP contribution in [0.2, 0.25) is 0 Å². The lowest BCUT2D eigenvalue weighted by Crippen LogP contribution is -2.59. The minimum atomic E-state index is -0.242. The lowest BCUT2D eigenvalue weighted by atomic mass is 9.79. The van der Waals surface area contributed by atoms with Crippen molar-refractivity contribution >= 4 is 5.91 Å². The summed E-state index contributed by atoms with van der Waals surface area (Å²) < 4.78 is 5.69. The number of amides is 1. The monoisotopic (exact) mass is 330 g/mol. The van der Waals surface area contributed by atoms with Crippen LogP contribution in [0.15, 0.2) is 30.3 Å². The zero-order valence-electron chi connectivity index (χ0n) is 14.6. The molecule has 2 aliphatic rings. The molecule has 2 fully saturated rings. The van der Waals surface area contributed by atoms with Gasteiger partial charge in [-0.1, -0.05) is 49.6 Å². The normalized spacial score (nSPS) is 20.8. The van der Waals surface area contributed by atoms with Gasteiger partial charge in [-0.2, -0.15) is 0 Å². The van der Waals surface area contributed by atoms with Gasteiger partial charge in [-0.25, -0.2) is 0 Å². The molecule has 3 rings (SSSR count). The Balaban J connectivity index is 1.45. The molecule has 24 heavy (non-hydrogen) atoms. The first kappa shape index (κ1) is 17.4. The average Bonchev–Trinajstić information content (AvgIpc) is 3.18. The van der Waals surface area contributed by atoms with E-state index in [1.54, 1.807) is 0 Å². The van der Waals surface area contributed by atoms with Gasteiger partial charge in [0, 0.05) is 6.54 Å². The molecule has 4 nitrogen and oxygen atoms in total. The van der Waals surface area contributed by atoms with Crippen LogP contribution >= 0.6 is 0 Å². The van der Waals surface area contributed by atoms with Gasteiger partial charge in [-0.05, 0) is 44.3 Å².